The molecular formula is C14H27NO3. The summed E-state index contributed by atoms with van der Waals surface area (Å²) in [4.78, 5) is 13.0. The van der Waals surface area contributed by atoms with Crippen LogP contribution in [0.5, 0.6) is 0 Å². The molecule has 0 radical (unpaired) electrons. The van der Waals surface area contributed by atoms with Gasteiger partial charge in [0.2, 0.25) is 0 Å². The fraction of sp³-hybridized carbons (Fsp3) is 0.929. The summed E-state index contributed by atoms with van der Waals surface area (Å²) in [5, 5.41) is 8.74. The number of carboxylic acid groups (broad SMARTS) is 1. The molecule has 1 saturated heterocycles. The smallest absolute Gasteiger partial charge is 0.303 e. The highest BCUT2D eigenvalue weighted by Gasteiger charge is 2.20. The Bertz CT molecular complexity index is 235. The Kier molecular flexibility index (Phi) is 7.28. The third-order valence-corrected chi connectivity index (χ3v) is 3.56. The molecule has 0 aliphatic carbocycles. The van der Waals surface area contributed by atoms with Gasteiger partial charge in [0.25, 0.3) is 0 Å². The van der Waals surface area contributed by atoms with E-state index in [1.807, 2.05) is 0 Å². The van der Waals surface area contributed by atoms with Crippen molar-refractivity contribution in [2.75, 3.05) is 32.8 Å². The number of nitrogens with zero attached hydrogens (tertiary/aromatic N) is 1. The summed E-state index contributed by atoms with van der Waals surface area (Å²) in [7, 11) is 0. The van der Waals surface area contributed by atoms with Gasteiger partial charge in [-0.05, 0) is 44.2 Å². The van der Waals surface area contributed by atoms with Crippen molar-refractivity contribution in [1.29, 1.82) is 0 Å². The first-order valence-corrected chi connectivity index (χ1v) is 7.10. The number of ether oxygens (including phenoxy) is 1. The van der Waals surface area contributed by atoms with Gasteiger partial charge in [0, 0.05) is 19.6 Å². The van der Waals surface area contributed by atoms with Gasteiger partial charge in [0.15, 0.2) is 0 Å². The summed E-state index contributed by atoms with van der Waals surface area (Å²) < 4.78 is 5.60. The second-order valence-corrected chi connectivity index (χ2v) is 5.68. The Morgan fingerprint density at radius 2 is 2.00 bits per heavy atom. The maximum atomic E-state index is 10.6. The van der Waals surface area contributed by atoms with Crippen LogP contribution < -0.4 is 0 Å². The summed E-state index contributed by atoms with van der Waals surface area (Å²) in [6, 6.07) is 0. The third-order valence-electron chi connectivity index (χ3n) is 3.56. The van der Waals surface area contributed by atoms with Gasteiger partial charge in [0.05, 0.1) is 6.61 Å². The number of hydrogen-bond donors (Lipinski definition) is 1. The first-order chi connectivity index (χ1) is 8.58. The van der Waals surface area contributed by atoms with Crippen LogP contribution in [0.4, 0.5) is 0 Å². The first-order valence-electron chi connectivity index (χ1n) is 7.10. The zero-order valence-electron chi connectivity index (χ0n) is 11.7. The van der Waals surface area contributed by atoms with E-state index < -0.39 is 5.97 Å². The van der Waals surface area contributed by atoms with Crippen LogP contribution in [0.3, 0.4) is 0 Å². The lowest BCUT2D eigenvalue weighted by Gasteiger charge is -2.31. The van der Waals surface area contributed by atoms with E-state index in [4.69, 9.17) is 9.84 Å². The van der Waals surface area contributed by atoms with E-state index in [0.717, 1.165) is 52.1 Å². The number of aliphatic carboxylic acids is 1. The fourth-order valence-corrected chi connectivity index (χ4v) is 2.28. The molecule has 4 nitrogen and oxygen atoms in total. The van der Waals surface area contributed by atoms with Crippen molar-refractivity contribution in [3.05, 3.63) is 0 Å². The van der Waals surface area contributed by atoms with Gasteiger partial charge in [-0.15, -0.1) is 0 Å². The Labute approximate surface area is 110 Å². The van der Waals surface area contributed by atoms with Crippen molar-refractivity contribution in [2.45, 2.75) is 39.5 Å². The molecule has 1 fully saturated rings. The van der Waals surface area contributed by atoms with E-state index in [1.54, 1.807) is 0 Å². The van der Waals surface area contributed by atoms with E-state index in [1.165, 1.54) is 0 Å². The van der Waals surface area contributed by atoms with E-state index in [2.05, 4.69) is 18.7 Å². The molecule has 1 heterocycles. The molecule has 0 aromatic rings. The van der Waals surface area contributed by atoms with Crippen LogP contribution in [0.25, 0.3) is 0 Å². The summed E-state index contributed by atoms with van der Waals surface area (Å²) in [5.41, 5.74) is 0. The highest BCUT2D eigenvalue weighted by Crippen LogP contribution is 2.20. The van der Waals surface area contributed by atoms with Crippen LogP contribution in [-0.4, -0.2) is 48.8 Å². The van der Waals surface area contributed by atoms with Gasteiger partial charge in [-0.2, -0.15) is 0 Å². The predicted molar refractivity (Wildman–Crippen MR) is 71.7 cm³/mol. The molecule has 0 saturated carbocycles. The third kappa shape index (κ3) is 6.97. The molecular weight excluding hydrogens is 230 g/mol. The topological polar surface area (TPSA) is 49.8 Å². The molecule has 1 rings (SSSR count). The number of carbonyl (C=O) groups is 1. The fourth-order valence-electron chi connectivity index (χ4n) is 2.28. The number of rotatable bonds is 8. The highest BCUT2D eigenvalue weighted by atomic mass is 16.5. The molecule has 106 valence electrons. The zero-order chi connectivity index (χ0) is 13.4. The minimum absolute atomic E-state index is 0.332. The van der Waals surface area contributed by atoms with Gasteiger partial charge < -0.3 is 14.7 Å². The molecule has 1 N–H and O–H groups in total. The quantitative estimate of drug-likeness (QED) is 0.677. The number of piperidine rings is 1. The van der Waals surface area contributed by atoms with Crippen LogP contribution in [0.1, 0.15) is 39.5 Å². The average molecular weight is 257 g/mol. The van der Waals surface area contributed by atoms with Crippen molar-refractivity contribution >= 4 is 5.97 Å². The molecule has 18 heavy (non-hydrogen) atoms. The SMILES string of the molecule is CC(C)CCOCCN1CCC(CC(=O)O)CC1. The molecule has 0 atom stereocenters. The van der Waals surface area contributed by atoms with E-state index in [9.17, 15) is 4.79 Å². The van der Waals surface area contributed by atoms with E-state index >= 15 is 0 Å². The van der Waals surface area contributed by atoms with Gasteiger partial charge in [-0.25, -0.2) is 0 Å². The standard InChI is InChI=1S/C14H27NO3/c1-12(2)5-9-18-10-8-15-6-3-13(4-7-15)11-14(16)17/h12-13H,3-11H2,1-2H3,(H,16,17). The minimum atomic E-state index is -0.662. The molecule has 0 spiro atoms. The van der Waals surface area contributed by atoms with Crippen LogP contribution in [0.15, 0.2) is 0 Å². The van der Waals surface area contributed by atoms with Crippen molar-refractivity contribution in [3.8, 4) is 0 Å². The summed E-state index contributed by atoms with van der Waals surface area (Å²) >= 11 is 0. The summed E-state index contributed by atoms with van der Waals surface area (Å²) in [5.74, 6) is 0.419. The molecule has 0 aromatic heterocycles. The van der Waals surface area contributed by atoms with Crippen molar-refractivity contribution in [3.63, 3.8) is 0 Å². The lowest BCUT2D eigenvalue weighted by atomic mass is 9.94. The number of hydrogen-bond acceptors (Lipinski definition) is 3. The Morgan fingerprint density at radius 3 is 2.56 bits per heavy atom. The van der Waals surface area contributed by atoms with E-state index in [0.29, 0.717) is 18.3 Å². The summed E-state index contributed by atoms with van der Waals surface area (Å²) in [6.45, 7) is 9.09. The van der Waals surface area contributed by atoms with Gasteiger partial charge in [-0.1, -0.05) is 13.8 Å². The average Bonchev–Trinajstić information content (AvgIpc) is 2.30. The maximum Gasteiger partial charge on any atom is 0.303 e. The van der Waals surface area contributed by atoms with Crippen molar-refractivity contribution in [1.82, 2.24) is 4.90 Å². The lowest BCUT2D eigenvalue weighted by Crippen LogP contribution is -2.36. The van der Waals surface area contributed by atoms with Crippen LogP contribution in [0.2, 0.25) is 0 Å². The summed E-state index contributed by atoms with van der Waals surface area (Å²) in [6.07, 6.45) is 3.48. The van der Waals surface area contributed by atoms with Crippen LogP contribution >= 0.6 is 0 Å². The minimum Gasteiger partial charge on any atom is -0.481 e. The Balaban J connectivity index is 2.00. The zero-order valence-corrected chi connectivity index (χ0v) is 11.7. The molecule has 0 unspecified atom stereocenters. The number of likely N-dealkylation sites (tertiary alicyclic amines) is 1. The normalized spacial score (nSPS) is 18.4. The monoisotopic (exact) mass is 257 g/mol. The van der Waals surface area contributed by atoms with Crippen LogP contribution in [0, 0.1) is 11.8 Å². The van der Waals surface area contributed by atoms with Crippen molar-refractivity contribution in [2.24, 2.45) is 11.8 Å². The largest absolute Gasteiger partial charge is 0.481 e. The lowest BCUT2D eigenvalue weighted by molar-refractivity contribution is -0.138. The number of carboxylic acids is 1. The van der Waals surface area contributed by atoms with E-state index in [-0.39, 0.29) is 0 Å². The van der Waals surface area contributed by atoms with Gasteiger partial charge >= 0.3 is 5.97 Å². The Hall–Kier alpha value is -0.610. The maximum absolute atomic E-state index is 10.6. The Morgan fingerprint density at radius 1 is 1.33 bits per heavy atom. The van der Waals surface area contributed by atoms with Gasteiger partial charge in [0.1, 0.15) is 0 Å². The van der Waals surface area contributed by atoms with Crippen molar-refractivity contribution < 1.29 is 14.6 Å². The molecule has 1 aliphatic heterocycles. The molecule has 1 aliphatic rings. The second-order valence-electron chi connectivity index (χ2n) is 5.68. The highest BCUT2D eigenvalue weighted by molar-refractivity contribution is 5.67. The first kappa shape index (κ1) is 15.4. The second kappa shape index (κ2) is 8.48. The van der Waals surface area contributed by atoms with Gasteiger partial charge in [-0.3, -0.25) is 4.79 Å². The molecule has 0 aromatic carbocycles. The molecule has 4 heteroatoms. The molecule has 0 amide bonds. The van der Waals surface area contributed by atoms with Crippen LogP contribution in [-0.2, 0) is 9.53 Å². The predicted octanol–water partition coefficient (Wildman–Crippen LogP) is 2.24. The molecule has 0 bridgehead atoms.